The first-order valence-electron chi connectivity index (χ1n) is 8.96. The van der Waals surface area contributed by atoms with Crippen LogP contribution in [0.3, 0.4) is 0 Å². The van der Waals surface area contributed by atoms with Gasteiger partial charge in [-0.3, -0.25) is 0 Å². The summed E-state index contributed by atoms with van der Waals surface area (Å²) in [6.45, 7) is 2.25. The van der Waals surface area contributed by atoms with Gasteiger partial charge in [0.25, 0.3) is 0 Å². The molecule has 0 spiro atoms. The molecule has 3 fully saturated rings. The Labute approximate surface area is 133 Å². The van der Waals surface area contributed by atoms with Crippen LogP contribution in [0.15, 0.2) is 11.6 Å². The van der Waals surface area contributed by atoms with E-state index in [-0.39, 0.29) is 5.41 Å². The molecule has 0 bridgehead atoms. The van der Waals surface area contributed by atoms with Crippen molar-refractivity contribution in [2.24, 2.45) is 29.1 Å². The maximum Gasteiger partial charge on any atom is 0.130 e. The zero-order valence-corrected chi connectivity index (χ0v) is 13.6. The lowest BCUT2D eigenvalue weighted by Gasteiger charge is -2.54. The van der Waals surface area contributed by atoms with E-state index in [1.54, 1.807) is 5.57 Å². The van der Waals surface area contributed by atoms with Gasteiger partial charge in [-0.2, -0.15) is 0 Å². The summed E-state index contributed by atoms with van der Waals surface area (Å²) in [4.78, 5) is 0. The lowest BCUT2D eigenvalue weighted by Crippen LogP contribution is -2.52. The minimum atomic E-state index is -0.882. The molecule has 2 nitrogen and oxygen atoms in total. The number of allylic oxidation sites excluding steroid dienone is 2. The fraction of sp³-hybridized carbons (Fsp3) is 0.750. The molecule has 22 heavy (non-hydrogen) atoms. The second kappa shape index (κ2) is 4.71. The molecular formula is C20H27NO. The molecule has 0 amide bonds. The average Bonchev–Trinajstić information content (AvgIpc) is 2.79. The van der Waals surface area contributed by atoms with Gasteiger partial charge >= 0.3 is 0 Å². The molecule has 0 radical (unpaired) electrons. The van der Waals surface area contributed by atoms with Gasteiger partial charge in [-0.1, -0.05) is 18.4 Å². The van der Waals surface area contributed by atoms with Crippen LogP contribution in [-0.2, 0) is 0 Å². The molecule has 0 heterocycles. The number of nitrogens with one attached hydrogen (secondary N) is 1. The third-order valence-corrected chi connectivity index (χ3v) is 7.73. The van der Waals surface area contributed by atoms with Gasteiger partial charge in [0.05, 0.1) is 0 Å². The van der Waals surface area contributed by atoms with Crippen molar-refractivity contribution in [3.63, 3.8) is 0 Å². The molecule has 4 aliphatic carbocycles. The number of terminal acetylenes is 1. The summed E-state index contributed by atoms with van der Waals surface area (Å²) in [6.07, 6.45) is 16.6. The molecule has 2 heteroatoms. The summed E-state index contributed by atoms with van der Waals surface area (Å²) in [5.41, 5.74) is 1.41. The Morgan fingerprint density at radius 3 is 2.77 bits per heavy atom. The van der Waals surface area contributed by atoms with Crippen molar-refractivity contribution >= 4 is 5.71 Å². The highest BCUT2D eigenvalue weighted by molar-refractivity contribution is 5.93. The van der Waals surface area contributed by atoms with Gasteiger partial charge in [0.15, 0.2) is 0 Å². The van der Waals surface area contributed by atoms with Crippen LogP contribution in [0.1, 0.15) is 58.3 Å². The Balaban J connectivity index is 1.65. The summed E-state index contributed by atoms with van der Waals surface area (Å²) in [5, 5.41) is 18.9. The first kappa shape index (κ1) is 14.5. The first-order chi connectivity index (χ1) is 10.5. The maximum atomic E-state index is 10.9. The van der Waals surface area contributed by atoms with E-state index >= 15 is 0 Å². The minimum Gasteiger partial charge on any atom is -0.377 e. The van der Waals surface area contributed by atoms with Gasteiger partial charge in [-0.15, -0.1) is 6.42 Å². The molecule has 0 aliphatic heterocycles. The van der Waals surface area contributed by atoms with Crippen molar-refractivity contribution in [1.29, 1.82) is 5.41 Å². The number of hydrogen-bond acceptors (Lipinski definition) is 2. The molecule has 0 saturated heterocycles. The second-order valence-electron chi connectivity index (χ2n) is 8.36. The first-order valence-corrected chi connectivity index (χ1v) is 8.96. The van der Waals surface area contributed by atoms with E-state index < -0.39 is 5.60 Å². The van der Waals surface area contributed by atoms with E-state index in [1.807, 2.05) is 0 Å². The Kier molecular flexibility index (Phi) is 3.11. The lowest BCUT2D eigenvalue weighted by molar-refractivity contribution is -0.0852. The zero-order chi connectivity index (χ0) is 15.5. The fourth-order valence-electron chi connectivity index (χ4n) is 6.46. The van der Waals surface area contributed by atoms with Crippen molar-refractivity contribution in [3.05, 3.63) is 11.6 Å². The molecule has 118 valence electrons. The Bertz CT molecular complexity index is 585. The van der Waals surface area contributed by atoms with Crippen LogP contribution in [0.25, 0.3) is 0 Å². The van der Waals surface area contributed by atoms with E-state index in [2.05, 4.69) is 18.9 Å². The van der Waals surface area contributed by atoms with Crippen molar-refractivity contribution in [2.75, 3.05) is 0 Å². The van der Waals surface area contributed by atoms with E-state index in [0.717, 1.165) is 49.7 Å². The van der Waals surface area contributed by atoms with Crippen LogP contribution in [0.4, 0.5) is 0 Å². The normalized spacial score (nSPS) is 50.4. The maximum absolute atomic E-state index is 10.9. The predicted molar refractivity (Wildman–Crippen MR) is 88.6 cm³/mol. The molecule has 4 aliphatic rings. The SMILES string of the molecule is C#C[C@]1(O)CC[C@@H]2[C@@H]3CCC4=CC(=N)CC[C@@H]4[C@@H]3CC[C@@]21C. The Morgan fingerprint density at radius 2 is 2.00 bits per heavy atom. The highest BCUT2D eigenvalue weighted by Crippen LogP contribution is 2.64. The molecule has 0 aromatic rings. The summed E-state index contributed by atoms with van der Waals surface area (Å²) in [7, 11) is 0. The average molecular weight is 297 g/mol. The van der Waals surface area contributed by atoms with Crippen LogP contribution >= 0.6 is 0 Å². The minimum absolute atomic E-state index is 0.0779. The van der Waals surface area contributed by atoms with Crippen molar-refractivity contribution < 1.29 is 5.11 Å². The smallest absolute Gasteiger partial charge is 0.130 e. The summed E-state index contributed by atoms with van der Waals surface area (Å²) in [5.74, 6) is 5.55. The number of aliphatic hydroxyl groups is 1. The number of fused-ring (bicyclic) bond motifs is 5. The zero-order valence-electron chi connectivity index (χ0n) is 13.6. The summed E-state index contributed by atoms with van der Waals surface area (Å²) < 4.78 is 0. The molecule has 4 rings (SSSR count). The number of rotatable bonds is 0. The molecular weight excluding hydrogens is 270 g/mol. The van der Waals surface area contributed by atoms with E-state index in [0.29, 0.717) is 11.8 Å². The highest BCUT2D eigenvalue weighted by atomic mass is 16.3. The van der Waals surface area contributed by atoms with Gasteiger partial charge in [0.2, 0.25) is 0 Å². The van der Waals surface area contributed by atoms with Gasteiger partial charge in [-0.25, -0.2) is 0 Å². The predicted octanol–water partition coefficient (Wildman–Crippen LogP) is 3.94. The van der Waals surface area contributed by atoms with Crippen LogP contribution in [-0.4, -0.2) is 16.4 Å². The van der Waals surface area contributed by atoms with Crippen molar-refractivity contribution in [3.8, 4) is 12.3 Å². The second-order valence-corrected chi connectivity index (χ2v) is 8.36. The van der Waals surface area contributed by atoms with E-state index in [9.17, 15) is 5.11 Å². The summed E-state index contributed by atoms with van der Waals surface area (Å²) >= 11 is 0. The highest BCUT2D eigenvalue weighted by Gasteiger charge is 2.61. The van der Waals surface area contributed by atoms with Gasteiger partial charge in [0.1, 0.15) is 5.60 Å². The molecule has 2 N–H and O–H groups in total. The number of hydrogen-bond donors (Lipinski definition) is 2. The van der Waals surface area contributed by atoms with Crippen molar-refractivity contribution in [1.82, 2.24) is 0 Å². The topological polar surface area (TPSA) is 44.1 Å². The van der Waals surface area contributed by atoms with Gasteiger partial charge in [-0.05, 0) is 81.1 Å². The third-order valence-electron chi connectivity index (χ3n) is 7.73. The fourth-order valence-corrected chi connectivity index (χ4v) is 6.46. The van der Waals surface area contributed by atoms with Gasteiger partial charge in [0, 0.05) is 11.1 Å². The lowest BCUT2D eigenvalue weighted by atomic mass is 9.50. The summed E-state index contributed by atoms with van der Waals surface area (Å²) in [6, 6.07) is 0. The molecule has 3 saturated carbocycles. The van der Waals surface area contributed by atoms with Crippen LogP contribution < -0.4 is 0 Å². The van der Waals surface area contributed by atoms with Crippen LogP contribution in [0, 0.1) is 46.8 Å². The van der Waals surface area contributed by atoms with Crippen LogP contribution in [0.2, 0.25) is 0 Å². The Morgan fingerprint density at radius 1 is 1.18 bits per heavy atom. The molecule has 6 atom stereocenters. The van der Waals surface area contributed by atoms with Crippen molar-refractivity contribution in [2.45, 2.75) is 63.9 Å². The monoisotopic (exact) mass is 297 g/mol. The van der Waals surface area contributed by atoms with Crippen LogP contribution in [0.5, 0.6) is 0 Å². The standard InChI is InChI=1S/C20H27NO/c1-3-20(22)11-9-18-17-6-4-13-12-14(21)5-7-15(13)16(17)8-10-19(18,20)2/h1,12,15-18,21-22H,4-11H2,2H3/t15-,16-,17+,18+,19-,20-/m0/s1. The third kappa shape index (κ3) is 1.75. The van der Waals surface area contributed by atoms with E-state index in [1.165, 1.54) is 19.3 Å². The molecule has 0 unspecified atom stereocenters. The quantitative estimate of drug-likeness (QED) is 0.653. The largest absolute Gasteiger partial charge is 0.377 e. The van der Waals surface area contributed by atoms with E-state index in [4.69, 9.17) is 11.8 Å². The van der Waals surface area contributed by atoms with Gasteiger partial charge < -0.3 is 10.5 Å². The molecule has 0 aromatic carbocycles. The molecule has 0 aromatic heterocycles. The Hall–Kier alpha value is -1.07.